The third-order valence-electron chi connectivity index (χ3n) is 3.03. The molecule has 0 saturated heterocycles. The van der Waals surface area contributed by atoms with Crippen molar-refractivity contribution in [2.24, 2.45) is 0 Å². The van der Waals surface area contributed by atoms with E-state index < -0.39 is 0 Å². The number of aryl methyl sites for hydroxylation is 1. The smallest absolute Gasteiger partial charge is 0.319 e. The van der Waals surface area contributed by atoms with Crippen molar-refractivity contribution in [3.8, 4) is 11.5 Å². The molecule has 0 aliphatic heterocycles. The summed E-state index contributed by atoms with van der Waals surface area (Å²) in [5.74, 6) is 0.395. The molecule has 112 valence electrons. The number of hydrogen-bond donors (Lipinski definition) is 3. The van der Waals surface area contributed by atoms with E-state index in [4.69, 9.17) is 9.52 Å². The second kappa shape index (κ2) is 6.85. The topological polar surface area (TPSA) is 100 Å². The van der Waals surface area contributed by atoms with Crippen LogP contribution >= 0.6 is 0 Å². The van der Waals surface area contributed by atoms with Gasteiger partial charge < -0.3 is 20.2 Å². The first-order valence-corrected chi connectivity index (χ1v) is 6.65. The van der Waals surface area contributed by atoms with E-state index in [9.17, 15) is 4.79 Å². The molecule has 2 amide bonds. The van der Waals surface area contributed by atoms with Crippen molar-refractivity contribution in [1.82, 2.24) is 15.5 Å². The van der Waals surface area contributed by atoms with E-state index in [1.54, 1.807) is 6.07 Å². The van der Waals surface area contributed by atoms with Crippen molar-refractivity contribution in [3.05, 3.63) is 30.2 Å². The Bertz CT molecular complexity index is 598. The SMILES string of the molecule is Cc1ccc(-c2nnco2)cc1NC(=O)N[C@H](C)CCO. The van der Waals surface area contributed by atoms with Gasteiger partial charge in [0.15, 0.2) is 0 Å². The summed E-state index contributed by atoms with van der Waals surface area (Å²) in [5.41, 5.74) is 2.32. The Hall–Kier alpha value is -2.41. The minimum Gasteiger partial charge on any atom is -0.423 e. The van der Waals surface area contributed by atoms with Gasteiger partial charge in [-0.15, -0.1) is 10.2 Å². The summed E-state index contributed by atoms with van der Waals surface area (Å²) in [5, 5.41) is 21.8. The highest BCUT2D eigenvalue weighted by Gasteiger charge is 2.11. The Kier molecular flexibility index (Phi) is 4.89. The number of rotatable bonds is 5. The van der Waals surface area contributed by atoms with Crippen molar-refractivity contribution in [1.29, 1.82) is 0 Å². The van der Waals surface area contributed by atoms with Crippen LogP contribution in [-0.2, 0) is 0 Å². The number of carbonyl (C=O) groups excluding carboxylic acids is 1. The van der Waals surface area contributed by atoms with Gasteiger partial charge in [-0.05, 0) is 38.0 Å². The number of benzene rings is 1. The van der Waals surface area contributed by atoms with Gasteiger partial charge in [0.25, 0.3) is 0 Å². The Morgan fingerprint density at radius 2 is 2.29 bits per heavy atom. The van der Waals surface area contributed by atoms with Crippen LogP contribution in [0.1, 0.15) is 18.9 Å². The zero-order chi connectivity index (χ0) is 15.2. The molecule has 2 aromatic rings. The number of nitrogens with zero attached hydrogens (tertiary/aromatic N) is 2. The molecule has 21 heavy (non-hydrogen) atoms. The van der Waals surface area contributed by atoms with Gasteiger partial charge in [0.05, 0.1) is 0 Å². The minimum atomic E-state index is -0.318. The lowest BCUT2D eigenvalue weighted by atomic mass is 10.1. The van der Waals surface area contributed by atoms with Crippen LogP contribution in [0.15, 0.2) is 29.0 Å². The van der Waals surface area contributed by atoms with Crippen LogP contribution in [0, 0.1) is 6.92 Å². The second-order valence-corrected chi connectivity index (χ2v) is 4.79. The molecule has 0 radical (unpaired) electrons. The molecule has 0 spiro atoms. The monoisotopic (exact) mass is 290 g/mol. The molecular weight excluding hydrogens is 272 g/mol. The average Bonchev–Trinajstić information content (AvgIpc) is 2.95. The number of aromatic nitrogens is 2. The minimum absolute atomic E-state index is 0.0348. The number of aliphatic hydroxyl groups excluding tert-OH is 1. The number of nitrogens with one attached hydrogen (secondary N) is 2. The molecule has 0 unspecified atom stereocenters. The predicted octanol–water partition coefficient (Wildman–Crippen LogP) is 1.94. The maximum absolute atomic E-state index is 11.9. The first-order chi connectivity index (χ1) is 10.1. The van der Waals surface area contributed by atoms with Gasteiger partial charge in [0.2, 0.25) is 12.3 Å². The van der Waals surface area contributed by atoms with Gasteiger partial charge in [0.1, 0.15) is 0 Å². The van der Waals surface area contributed by atoms with Crippen molar-refractivity contribution >= 4 is 11.7 Å². The van der Waals surface area contributed by atoms with Crippen molar-refractivity contribution < 1.29 is 14.3 Å². The first-order valence-electron chi connectivity index (χ1n) is 6.65. The van der Waals surface area contributed by atoms with E-state index >= 15 is 0 Å². The summed E-state index contributed by atoms with van der Waals surface area (Å²) in [6.07, 6.45) is 1.76. The number of amides is 2. The van der Waals surface area contributed by atoms with Gasteiger partial charge in [-0.3, -0.25) is 0 Å². The third kappa shape index (κ3) is 4.03. The van der Waals surface area contributed by atoms with Gasteiger partial charge >= 0.3 is 6.03 Å². The second-order valence-electron chi connectivity index (χ2n) is 4.79. The normalized spacial score (nSPS) is 12.0. The lowest BCUT2D eigenvalue weighted by Crippen LogP contribution is -2.36. The number of aliphatic hydroxyl groups is 1. The van der Waals surface area contributed by atoms with Crippen LogP contribution < -0.4 is 10.6 Å². The molecule has 1 aromatic carbocycles. The summed E-state index contributed by atoms with van der Waals surface area (Å²) in [7, 11) is 0. The van der Waals surface area contributed by atoms with E-state index in [1.807, 2.05) is 26.0 Å². The van der Waals surface area contributed by atoms with Crippen LogP contribution in [-0.4, -0.2) is 34.0 Å². The summed E-state index contributed by atoms with van der Waals surface area (Å²) < 4.78 is 5.14. The van der Waals surface area contributed by atoms with Crippen molar-refractivity contribution in [3.63, 3.8) is 0 Å². The largest absolute Gasteiger partial charge is 0.423 e. The average molecular weight is 290 g/mol. The summed E-state index contributed by atoms with van der Waals surface area (Å²) in [6, 6.07) is 5.07. The Morgan fingerprint density at radius 1 is 1.48 bits per heavy atom. The highest BCUT2D eigenvalue weighted by molar-refractivity contribution is 5.91. The first kappa shape index (κ1) is 15.0. The maximum atomic E-state index is 11.9. The van der Waals surface area contributed by atoms with E-state index in [1.165, 1.54) is 6.39 Å². The van der Waals surface area contributed by atoms with Crippen molar-refractivity contribution in [2.75, 3.05) is 11.9 Å². The van der Waals surface area contributed by atoms with Crippen LogP contribution in [0.5, 0.6) is 0 Å². The zero-order valence-electron chi connectivity index (χ0n) is 12.0. The fourth-order valence-electron chi connectivity index (χ4n) is 1.84. The lowest BCUT2D eigenvalue weighted by Gasteiger charge is -2.14. The molecule has 0 fully saturated rings. The van der Waals surface area contributed by atoms with Gasteiger partial charge in [0, 0.05) is 23.9 Å². The molecule has 1 atom stereocenters. The predicted molar refractivity (Wildman–Crippen MR) is 77.8 cm³/mol. The zero-order valence-corrected chi connectivity index (χ0v) is 12.0. The highest BCUT2D eigenvalue weighted by atomic mass is 16.4. The fourth-order valence-corrected chi connectivity index (χ4v) is 1.84. The summed E-state index contributed by atoms with van der Waals surface area (Å²) >= 11 is 0. The molecular formula is C14H18N4O3. The number of carbonyl (C=O) groups is 1. The van der Waals surface area contributed by atoms with Crippen LogP contribution in [0.3, 0.4) is 0 Å². The summed E-state index contributed by atoms with van der Waals surface area (Å²) in [4.78, 5) is 11.9. The van der Waals surface area contributed by atoms with Gasteiger partial charge in [-0.1, -0.05) is 6.07 Å². The molecule has 3 N–H and O–H groups in total. The van der Waals surface area contributed by atoms with E-state index in [-0.39, 0.29) is 18.7 Å². The Labute approximate surface area is 122 Å². The molecule has 7 heteroatoms. The maximum Gasteiger partial charge on any atom is 0.319 e. The quantitative estimate of drug-likeness (QED) is 0.781. The number of anilines is 1. The van der Waals surface area contributed by atoms with Gasteiger partial charge in [-0.2, -0.15) is 0 Å². The lowest BCUT2D eigenvalue weighted by molar-refractivity contribution is 0.241. The molecule has 2 rings (SSSR count). The molecule has 1 heterocycles. The van der Waals surface area contributed by atoms with Crippen LogP contribution in [0.25, 0.3) is 11.5 Å². The van der Waals surface area contributed by atoms with Crippen LogP contribution in [0.4, 0.5) is 10.5 Å². The molecule has 7 nitrogen and oxygen atoms in total. The molecule has 0 saturated carbocycles. The van der Waals surface area contributed by atoms with E-state index in [0.717, 1.165) is 11.1 Å². The molecule has 0 aliphatic carbocycles. The van der Waals surface area contributed by atoms with Gasteiger partial charge in [-0.25, -0.2) is 4.79 Å². The molecule has 0 aliphatic rings. The summed E-state index contributed by atoms with van der Waals surface area (Å²) in [6.45, 7) is 3.76. The third-order valence-corrected chi connectivity index (χ3v) is 3.03. The number of urea groups is 1. The van der Waals surface area contributed by atoms with E-state index in [2.05, 4.69) is 20.8 Å². The highest BCUT2D eigenvalue weighted by Crippen LogP contribution is 2.23. The molecule has 1 aromatic heterocycles. The Balaban J connectivity index is 2.09. The van der Waals surface area contributed by atoms with Crippen molar-refractivity contribution in [2.45, 2.75) is 26.3 Å². The fraction of sp³-hybridized carbons (Fsp3) is 0.357. The standard InChI is InChI=1S/C14H18N4O3/c1-9-3-4-11(13-18-15-8-21-13)7-12(9)17-14(20)16-10(2)5-6-19/h3-4,7-8,10,19H,5-6H2,1-2H3,(H2,16,17,20)/t10-/m1/s1. The van der Waals surface area contributed by atoms with Crippen LogP contribution in [0.2, 0.25) is 0 Å². The Morgan fingerprint density at radius 3 is 2.95 bits per heavy atom. The molecule has 0 bridgehead atoms. The van der Waals surface area contributed by atoms with E-state index in [0.29, 0.717) is 18.0 Å². The number of hydrogen-bond acceptors (Lipinski definition) is 5.